The largest absolute Gasteiger partial charge is 0.496 e. The van der Waals surface area contributed by atoms with Crippen molar-refractivity contribution in [2.24, 2.45) is 0 Å². The Morgan fingerprint density at radius 1 is 1.40 bits per heavy atom. The molecule has 0 radical (unpaired) electrons. The number of aryl methyl sites for hydroxylation is 1. The van der Waals surface area contributed by atoms with Gasteiger partial charge in [0.25, 0.3) is 0 Å². The minimum absolute atomic E-state index is 0.452. The highest BCUT2D eigenvalue weighted by Crippen LogP contribution is 2.27. The molecular weight excluding hydrogens is 190 g/mol. The molecule has 0 fully saturated rings. The van der Waals surface area contributed by atoms with Gasteiger partial charge in [-0.3, -0.25) is 4.79 Å². The topological polar surface area (TPSA) is 39.2 Å². The Balaban J connectivity index is 2.84. The van der Waals surface area contributed by atoms with Gasteiger partial charge in [0.05, 0.1) is 12.6 Å². The molecule has 2 rings (SSSR count). The van der Waals surface area contributed by atoms with Crippen molar-refractivity contribution in [1.82, 2.24) is 4.98 Å². The van der Waals surface area contributed by atoms with E-state index in [1.54, 1.807) is 13.2 Å². The van der Waals surface area contributed by atoms with Crippen LogP contribution < -0.4 is 4.74 Å². The second kappa shape index (κ2) is 3.69. The van der Waals surface area contributed by atoms with Gasteiger partial charge in [0.1, 0.15) is 11.4 Å². The third kappa shape index (κ3) is 1.56. The van der Waals surface area contributed by atoms with Gasteiger partial charge < -0.3 is 4.74 Å². The van der Waals surface area contributed by atoms with Gasteiger partial charge in [-0.2, -0.15) is 0 Å². The summed E-state index contributed by atoms with van der Waals surface area (Å²) in [5.41, 5.74) is 2.24. The number of carbonyl (C=O) groups excluding carboxylic acids is 1. The van der Waals surface area contributed by atoms with E-state index in [0.29, 0.717) is 5.69 Å². The zero-order chi connectivity index (χ0) is 10.8. The van der Waals surface area contributed by atoms with Gasteiger partial charge in [0.15, 0.2) is 6.29 Å². The Bertz CT molecular complexity index is 520. The molecule has 0 aliphatic rings. The van der Waals surface area contributed by atoms with Gasteiger partial charge in [0, 0.05) is 5.39 Å². The summed E-state index contributed by atoms with van der Waals surface area (Å²) in [5, 5.41) is 0.964. The molecule has 0 saturated carbocycles. The number of aromatic nitrogens is 1. The minimum Gasteiger partial charge on any atom is -0.496 e. The van der Waals surface area contributed by atoms with Crippen molar-refractivity contribution in [1.29, 1.82) is 0 Å². The molecule has 76 valence electrons. The Labute approximate surface area is 87.7 Å². The van der Waals surface area contributed by atoms with E-state index in [0.717, 1.165) is 28.5 Å². The summed E-state index contributed by atoms with van der Waals surface area (Å²) in [7, 11) is 1.63. The average molecular weight is 201 g/mol. The Kier molecular flexibility index (Phi) is 2.37. The van der Waals surface area contributed by atoms with E-state index in [2.05, 4.69) is 4.98 Å². The predicted molar refractivity (Wildman–Crippen MR) is 58.4 cm³/mol. The van der Waals surface area contributed by atoms with Gasteiger partial charge in [-0.1, -0.05) is 6.07 Å². The fourth-order valence-electron chi connectivity index (χ4n) is 1.70. The van der Waals surface area contributed by atoms with Gasteiger partial charge in [-0.05, 0) is 30.7 Å². The first kappa shape index (κ1) is 9.65. The van der Waals surface area contributed by atoms with E-state index in [1.807, 2.05) is 25.1 Å². The number of fused-ring (bicyclic) bond motifs is 1. The molecule has 1 aromatic heterocycles. The van der Waals surface area contributed by atoms with E-state index < -0.39 is 0 Å². The monoisotopic (exact) mass is 201 g/mol. The van der Waals surface area contributed by atoms with Gasteiger partial charge in [-0.25, -0.2) is 4.98 Å². The van der Waals surface area contributed by atoms with Crippen molar-refractivity contribution in [3.05, 3.63) is 35.5 Å². The number of methoxy groups -OCH3 is 1. The summed E-state index contributed by atoms with van der Waals surface area (Å²) >= 11 is 0. The molecular formula is C12H11NO2. The van der Waals surface area contributed by atoms with Crippen molar-refractivity contribution < 1.29 is 9.53 Å². The van der Waals surface area contributed by atoms with Crippen molar-refractivity contribution in [2.45, 2.75) is 6.92 Å². The van der Waals surface area contributed by atoms with Crippen LogP contribution in [0.5, 0.6) is 5.75 Å². The van der Waals surface area contributed by atoms with Gasteiger partial charge >= 0.3 is 0 Å². The van der Waals surface area contributed by atoms with Crippen LogP contribution in [-0.2, 0) is 0 Å². The van der Waals surface area contributed by atoms with Crippen LogP contribution in [0.2, 0.25) is 0 Å². The molecule has 2 aromatic rings. The van der Waals surface area contributed by atoms with Crippen molar-refractivity contribution in [3.63, 3.8) is 0 Å². The lowest BCUT2D eigenvalue weighted by molar-refractivity contribution is 0.111. The molecule has 3 heteroatoms. The highest BCUT2D eigenvalue weighted by Gasteiger charge is 2.06. The van der Waals surface area contributed by atoms with Crippen LogP contribution in [-0.4, -0.2) is 18.4 Å². The predicted octanol–water partition coefficient (Wildman–Crippen LogP) is 2.36. The lowest BCUT2D eigenvalue weighted by atomic mass is 10.1. The van der Waals surface area contributed by atoms with Gasteiger partial charge in [0.2, 0.25) is 0 Å². The van der Waals surface area contributed by atoms with Crippen LogP contribution in [0.1, 0.15) is 16.1 Å². The highest BCUT2D eigenvalue weighted by molar-refractivity contribution is 5.90. The van der Waals surface area contributed by atoms with Gasteiger partial charge in [-0.15, -0.1) is 0 Å². The van der Waals surface area contributed by atoms with E-state index >= 15 is 0 Å². The third-order valence-corrected chi connectivity index (χ3v) is 2.35. The quantitative estimate of drug-likeness (QED) is 0.700. The first-order valence-corrected chi connectivity index (χ1v) is 4.66. The van der Waals surface area contributed by atoms with Crippen molar-refractivity contribution in [3.8, 4) is 5.75 Å². The molecule has 0 spiro atoms. The molecule has 0 bridgehead atoms. The molecule has 0 unspecified atom stereocenters. The average Bonchev–Trinajstić information content (AvgIpc) is 2.27. The molecule has 0 amide bonds. The number of nitrogens with zero attached hydrogens (tertiary/aromatic N) is 1. The van der Waals surface area contributed by atoms with Crippen molar-refractivity contribution in [2.75, 3.05) is 7.11 Å². The van der Waals surface area contributed by atoms with E-state index in [4.69, 9.17) is 4.74 Å². The summed E-state index contributed by atoms with van der Waals surface area (Å²) in [6, 6.07) is 7.38. The van der Waals surface area contributed by atoms with Crippen molar-refractivity contribution >= 4 is 17.2 Å². The number of rotatable bonds is 2. The fraction of sp³-hybridized carbons (Fsp3) is 0.167. The molecule has 15 heavy (non-hydrogen) atoms. The summed E-state index contributed by atoms with van der Waals surface area (Å²) in [5.74, 6) is 0.787. The number of pyridine rings is 1. The van der Waals surface area contributed by atoms with Crippen LogP contribution in [0.4, 0.5) is 0 Å². The maximum absolute atomic E-state index is 10.7. The number of carbonyl (C=O) groups is 1. The molecule has 1 aromatic carbocycles. The Morgan fingerprint density at radius 2 is 2.20 bits per heavy atom. The maximum atomic E-state index is 10.7. The Morgan fingerprint density at radius 3 is 2.87 bits per heavy atom. The summed E-state index contributed by atoms with van der Waals surface area (Å²) < 4.78 is 5.25. The number of ether oxygens (including phenoxy) is 1. The molecule has 0 aliphatic carbocycles. The number of benzene rings is 1. The second-order valence-electron chi connectivity index (χ2n) is 3.34. The third-order valence-electron chi connectivity index (χ3n) is 2.35. The SMILES string of the molecule is COc1cccc2nc(C=O)cc(C)c12. The normalized spacial score (nSPS) is 10.3. The van der Waals surface area contributed by atoms with Crippen LogP contribution in [0.3, 0.4) is 0 Å². The van der Waals surface area contributed by atoms with E-state index in [9.17, 15) is 4.79 Å². The zero-order valence-corrected chi connectivity index (χ0v) is 8.65. The lowest BCUT2D eigenvalue weighted by Gasteiger charge is -2.07. The van der Waals surface area contributed by atoms with Crippen LogP contribution in [0.15, 0.2) is 24.3 Å². The fourth-order valence-corrected chi connectivity index (χ4v) is 1.70. The number of aldehydes is 1. The molecule has 0 saturated heterocycles. The van der Waals surface area contributed by atoms with E-state index in [1.165, 1.54) is 0 Å². The molecule has 1 heterocycles. The van der Waals surface area contributed by atoms with Crippen LogP contribution >= 0.6 is 0 Å². The molecule has 3 nitrogen and oxygen atoms in total. The smallest absolute Gasteiger partial charge is 0.168 e. The standard InChI is InChI=1S/C12H11NO2/c1-8-6-9(7-14)13-10-4-3-5-11(15-2)12(8)10/h3-7H,1-2H3. The highest BCUT2D eigenvalue weighted by atomic mass is 16.5. The summed E-state index contributed by atoms with van der Waals surface area (Å²) in [6.07, 6.45) is 0.756. The van der Waals surface area contributed by atoms with E-state index in [-0.39, 0.29) is 0 Å². The number of hydrogen-bond donors (Lipinski definition) is 0. The van der Waals surface area contributed by atoms with Crippen LogP contribution in [0.25, 0.3) is 10.9 Å². The molecule has 0 aliphatic heterocycles. The molecule has 0 atom stereocenters. The minimum atomic E-state index is 0.452. The molecule has 0 N–H and O–H groups in total. The summed E-state index contributed by atoms with van der Waals surface area (Å²) in [6.45, 7) is 1.94. The lowest BCUT2D eigenvalue weighted by Crippen LogP contribution is -1.93. The first-order valence-electron chi connectivity index (χ1n) is 4.66. The Hall–Kier alpha value is -1.90. The maximum Gasteiger partial charge on any atom is 0.168 e. The second-order valence-corrected chi connectivity index (χ2v) is 3.34. The zero-order valence-electron chi connectivity index (χ0n) is 8.65. The van der Waals surface area contributed by atoms with Crippen LogP contribution in [0, 0.1) is 6.92 Å². The summed E-state index contributed by atoms with van der Waals surface area (Å²) in [4.78, 5) is 14.9. The number of hydrogen-bond acceptors (Lipinski definition) is 3. The first-order chi connectivity index (χ1) is 7.26.